The molecule has 22 heavy (non-hydrogen) atoms. The average Bonchev–Trinajstić information content (AvgIpc) is 2.47. The molecule has 1 aliphatic rings. The van der Waals surface area contributed by atoms with Crippen molar-refractivity contribution in [3.8, 4) is 0 Å². The molecule has 0 radical (unpaired) electrons. The van der Waals surface area contributed by atoms with Crippen LogP contribution in [0.4, 0.5) is 0 Å². The maximum atomic E-state index is 12.2. The number of aliphatic hydroxyl groups is 2. The molecule has 1 heterocycles. The molecule has 5 heteroatoms. The molecule has 0 aromatic rings. The standard InChI is InChI=1S/C17H28O5/c1-6-14-17(5,21)8-7-13(18)10(2)9-11(3)15(19)12(4)16(20)22-14/h7-8,10-12,14-15,19,21H,6,9H2,1-5H3/b8-7-/t10-,11+,12+,14-,15-,17+/m1/s1. The van der Waals surface area contributed by atoms with Crippen molar-refractivity contribution in [1.82, 2.24) is 0 Å². The fourth-order valence-electron chi connectivity index (χ4n) is 2.83. The largest absolute Gasteiger partial charge is 0.459 e. The Labute approximate surface area is 132 Å². The number of hydrogen-bond acceptors (Lipinski definition) is 5. The monoisotopic (exact) mass is 312 g/mol. The maximum absolute atomic E-state index is 12.2. The summed E-state index contributed by atoms with van der Waals surface area (Å²) in [7, 11) is 0. The first-order valence-electron chi connectivity index (χ1n) is 7.94. The molecule has 0 saturated heterocycles. The number of aliphatic hydroxyl groups excluding tert-OH is 1. The van der Waals surface area contributed by atoms with E-state index in [-0.39, 0.29) is 17.6 Å². The Morgan fingerprint density at radius 2 is 1.91 bits per heavy atom. The topological polar surface area (TPSA) is 83.8 Å². The minimum Gasteiger partial charge on any atom is -0.459 e. The Morgan fingerprint density at radius 3 is 2.45 bits per heavy atom. The van der Waals surface area contributed by atoms with Crippen molar-refractivity contribution in [3.05, 3.63) is 12.2 Å². The van der Waals surface area contributed by atoms with Gasteiger partial charge in [-0.3, -0.25) is 9.59 Å². The van der Waals surface area contributed by atoms with Gasteiger partial charge in [-0.15, -0.1) is 0 Å². The third-order valence-electron chi connectivity index (χ3n) is 4.54. The summed E-state index contributed by atoms with van der Waals surface area (Å²) >= 11 is 0. The molecule has 1 rings (SSSR count). The SMILES string of the molecule is CC[C@H]1OC(=O)[C@@H](C)[C@H](O)[C@@H](C)C[C@@H](C)C(=O)/C=C\[C@]1(C)O. The molecule has 0 aromatic heterocycles. The van der Waals surface area contributed by atoms with Gasteiger partial charge in [0, 0.05) is 5.92 Å². The van der Waals surface area contributed by atoms with Gasteiger partial charge in [0.25, 0.3) is 0 Å². The summed E-state index contributed by atoms with van der Waals surface area (Å²) in [5, 5.41) is 20.8. The smallest absolute Gasteiger partial charge is 0.311 e. The van der Waals surface area contributed by atoms with E-state index in [4.69, 9.17) is 4.74 Å². The Kier molecular flexibility index (Phi) is 6.32. The molecule has 5 nitrogen and oxygen atoms in total. The number of carbonyl (C=O) groups is 2. The first-order valence-corrected chi connectivity index (χ1v) is 7.94. The second-order valence-corrected chi connectivity index (χ2v) is 6.69. The molecular weight excluding hydrogens is 284 g/mol. The highest BCUT2D eigenvalue weighted by molar-refractivity contribution is 5.91. The van der Waals surface area contributed by atoms with Crippen LogP contribution in [0.5, 0.6) is 0 Å². The van der Waals surface area contributed by atoms with Gasteiger partial charge in [0.2, 0.25) is 0 Å². The number of ketones is 1. The average molecular weight is 312 g/mol. The van der Waals surface area contributed by atoms with Gasteiger partial charge >= 0.3 is 5.97 Å². The number of ether oxygens (including phenoxy) is 1. The maximum Gasteiger partial charge on any atom is 0.311 e. The van der Waals surface area contributed by atoms with E-state index in [1.54, 1.807) is 20.8 Å². The second-order valence-electron chi connectivity index (χ2n) is 6.69. The lowest BCUT2D eigenvalue weighted by Gasteiger charge is -2.32. The summed E-state index contributed by atoms with van der Waals surface area (Å²) in [4.78, 5) is 24.3. The van der Waals surface area contributed by atoms with E-state index in [9.17, 15) is 19.8 Å². The van der Waals surface area contributed by atoms with Gasteiger partial charge in [0.15, 0.2) is 5.78 Å². The zero-order valence-corrected chi connectivity index (χ0v) is 14.1. The minimum absolute atomic E-state index is 0.103. The lowest BCUT2D eigenvalue weighted by atomic mass is 9.84. The lowest BCUT2D eigenvalue weighted by Crippen LogP contribution is -2.44. The van der Waals surface area contributed by atoms with Crippen molar-refractivity contribution < 1.29 is 24.5 Å². The number of allylic oxidation sites excluding steroid dienone is 1. The van der Waals surface area contributed by atoms with Crippen LogP contribution >= 0.6 is 0 Å². The van der Waals surface area contributed by atoms with E-state index in [1.807, 2.05) is 6.92 Å². The first kappa shape index (κ1) is 18.8. The second kappa shape index (κ2) is 7.38. The van der Waals surface area contributed by atoms with Gasteiger partial charge in [0.05, 0.1) is 12.0 Å². The fourth-order valence-corrected chi connectivity index (χ4v) is 2.83. The van der Waals surface area contributed by atoms with Crippen LogP contribution in [0.2, 0.25) is 0 Å². The number of carbonyl (C=O) groups excluding carboxylic acids is 2. The fraction of sp³-hybridized carbons (Fsp3) is 0.765. The summed E-state index contributed by atoms with van der Waals surface area (Å²) in [6.45, 7) is 8.52. The zero-order chi connectivity index (χ0) is 17.1. The van der Waals surface area contributed by atoms with Gasteiger partial charge in [-0.05, 0) is 44.8 Å². The van der Waals surface area contributed by atoms with Crippen LogP contribution in [-0.4, -0.2) is 39.8 Å². The highest BCUT2D eigenvalue weighted by Crippen LogP contribution is 2.26. The molecule has 0 bridgehead atoms. The van der Waals surface area contributed by atoms with Gasteiger partial charge in [-0.1, -0.05) is 20.8 Å². The normalized spacial score (nSPS) is 43.0. The third-order valence-corrected chi connectivity index (χ3v) is 4.54. The van der Waals surface area contributed by atoms with Crippen molar-refractivity contribution in [3.63, 3.8) is 0 Å². The number of cyclic esters (lactones) is 1. The summed E-state index contributed by atoms with van der Waals surface area (Å²) in [6, 6.07) is 0. The Morgan fingerprint density at radius 1 is 1.32 bits per heavy atom. The molecular formula is C17H28O5. The number of hydrogen-bond donors (Lipinski definition) is 2. The zero-order valence-electron chi connectivity index (χ0n) is 14.1. The molecule has 2 N–H and O–H groups in total. The van der Waals surface area contributed by atoms with Crippen LogP contribution in [0.15, 0.2) is 12.2 Å². The predicted octanol–water partition coefficient (Wildman–Crippen LogP) is 1.86. The Balaban J connectivity index is 3.16. The first-order chi connectivity index (χ1) is 10.1. The van der Waals surface area contributed by atoms with Crippen molar-refractivity contribution in [1.29, 1.82) is 0 Å². The molecule has 126 valence electrons. The number of esters is 1. The van der Waals surface area contributed by atoms with Crippen LogP contribution in [0.1, 0.15) is 47.5 Å². The van der Waals surface area contributed by atoms with Gasteiger partial charge in [0.1, 0.15) is 11.7 Å². The van der Waals surface area contributed by atoms with Crippen molar-refractivity contribution in [2.75, 3.05) is 0 Å². The van der Waals surface area contributed by atoms with E-state index in [0.29, 0.717) is 12.8 Å². The minimum atomic E-state index is -1.42. The predicted molar refractivity (Wildman–Crippen MR) is 83.1 cm³/mol. The molecule has 0 amide bonds. The molecule has 0 aliphatic carbocycles. The van der Waals surface area contributed by atoms with Crippen molar-refractivity contribution >= 4 is 11.8 Å². The van der Waals surface area contributed by atoms with E-state index < -0.39 is 29.7 Å². The molecule has 0 fully saturated rings. The number of rotatable bonds is 1. The van der Waals surface area contributed by atoms with E-state index in [2.05, 4.69) is 0 Å². The lowest BCUT2D eigenvalue weighted by molar-refractivity contribution is -0.169. The molecule has 0 unspecified atom stereocenters. The highest BCUT2D eigenvalue weighted by atomic mass is 16.6. The summed E-state index contributed by atoms with van der Waals surface area (Å²) < 4.78 is 5.37. The van der Waals surface area contributed by atoms with Gasteiger partial charge in [-0.2, -0.15) is 0 Å². The van der Waals surface area contributed by atoms with Crippen LogP contribution in [-0.2, 0) is 14.3 Å². The van der Waals surface area contributed by atoms with Crippen LogP contribution in [0.25, 0.3) is 0 Å². The van der Waals surface area contributed by atoms with Gasteiger partial charge in [-0.25, -0.2) is 0 Å². The molecule has 0 aromatic carbocycles. The van der Waals surface area contributed by atoms with Crippen molar-refractivity contribution in [2.24, 2.45) is 17.8 Å². The Hall–Kier alpha value is -1.20. The Bertz CT molecular complexity index is 440. The summed E-state index contributed by atoms with van der Waals surface area (Å²) in [5.74, 6) is -1.81. The van der Waals surface area contributed by atoms with E-state index in [1.165, 1.54) is 19.1 Å². The quantitative estimate of drug-likeness (QED) is 0.722. The summed E-state index contributed by atoms with van der Waals surface area (Å²) in [6.07, 6.45) is 2.00. The third kappa shape index (κ3) is 4.40. The molecule has 0 spiro atoms. The molecule has 1 aliphatic heterocycles. The van der Waals surface area contributed by atoms with Gasteiger partial charge < -0.3 is 14.9 Å². The van der Waals surface area contributed by atoms with Crippen LogP contribution in [0, 0.1) is 17.8 Å². The van der Waals surface area contributed by atoms with Crippen LogP contribution in [0.3, 0.4) is 0 Å². The molecule has 6 atom stereocenters. The van der Waals surface area contributed by atoms with E-state index >= 15 is 0 Å². The molecule has 0 saturated carbocycles. The summed E-state index contributed by atoms with van der Waals surface area (Å²) in [5.41, 5.74) is -1.42. The highest BCUT2D eigenvalue weighted by Gasteiger charge is 2.36. The van der Waals surface area contributed by atoms with E-state index in [0.717, 1.165) is 0 Å². The van der Waals surface area contributed by atoms with Crippen molar-refractivity contribution in [2.45, 2.75) is 65.3 Å². The van der Waals surface area contributed by atoms with Crippen LogP contribution < -0.4 is 0 Å².